The Hall–Kier alpha value is 1.84. The van der Waals surface area contributed by atoms with Crippen molar-refractivity contribution < 1.29 is 158 Å². The maximum atomic E-state index is 9.71. The van der Waals surface area contributed by atoms with E-state index < -0.39 is 36.3 Å². The van der Waals surface area contributed by atoms with E-state index in [2.05, 4.69) is 0 Å². The van der Waals surface area contributed by atoms with E-state index >= 15 is 0 Å². The van der Waals surface area contributed by atoms with Crippen LogP contribution in [0.2, 0.25) is 0 Å². The van der Waals surface area contributed by atoms with Crippen LogP contribution in [0.15, 0.2) is 0 Å². The van der Waals surface area contributed by atoms with Crippen molar-refractivity contribution in [2.45, 2.75) is 26.3 Å². The van der Waals surface area contributed by atoms with Gasteiger partial charge in [-0.15, -0.1) is 0 Å². The van der Waals surface area contributed by atoms with Crippen LogP contribution in [0.5, 0.6) is 0 Å². The van der Waals surface area contributed by atoms with Crippen LogP contribution in [0.3, 0.4) is 0 Å². The van der Waals surface area contributed by atoms with E-state index in [-0.39, 0.29) is 118 Å². The summed E-state index contributed by atoms with van der Waals surface area (Å²) in [6, 6.07) is -1.46. The zero-order valence-electron chi connectivity index (χ0n) is 13.2. The number of carboxylic acids is 4. The van der Waals surface area contributed by atoms with E-state index in [1.54, 1.807) is 0 Å². The summed E-state index contributed by atoms with van der Waals surface area (Å²) in [4.78, 5) is 37.3. The van der Waals surface area contributed by atoms with Crippen LogP contribution in [0, 0.1) is 0 Å². The third-order valence-electron chi connectivity index (χ3n) is 0.689. The molecule has 13 heteroatoms. The predicted molar refractivity (Wildman–Crippen MR) is 49.2 cm³/mol. The topological polar surface area (TPSA) is 181 Å². The van der Waals surface area contributed by atoms with Gasteiger partial charge in [0.15, 0.2) is 0 Å². The Kier molecular flexibility index (Phi) is 61.6. The van der Waals surface area contributed by atoms with E-state index in [9.17, 15) is 19.8 Å². The summed E-state index contributed by atoms with van der Waals surface area (Å²) in [6.45, 7) is 2.17. The van der Waals surface area contributed by atoms with Crippen LogP contribution >= 0.6 is 0 Å². The van der Waals surface area contributed by atoms with Gasteiger partial charge in [-0.25, -0.2) is 0 Å². The first-order chi connectivity index (χ1) is 7.50. The van der Waals surface area contributed by atoms with Crippen LogP contribution in [0.4, 0.5) is 0 Å². The van der Waals surface area contributed by atoms with Crippen LogP contribution in [0.1, 0.15) is 20.3 Å². The number of carbonyl (C=O) groups is 4. The normalized spacial score (nSPS) is 7.76. The second-order valence-corrected chi connectivity index (χ2v) is 2.54. The fourth-order valence-electron chi connectivity index (χ4n) is 0.263. The second kappa shape index (κ2) is 29.8. The molecular formula is C8H13NNa4O8+2. The molecule has 0 rings (SSSR count). The maximum Gasteiger partial charge on any atom is 1.00 e. The summed E-state index contributed by atoms with van der Waals surface area (Å²) in [7, 11) is 0. The van der Waals surface area contributed by atoms with Gasteiger partial charge in [0.2, 0.25) is 0 Å². The molecular weight excluding hydrogens is 330 g/mol. The van der Waals surface area contributed by atoms with Crippen LogP contribution < -0.4 is 134 Å². The van der Waals surface area contributed by atoms with Gasteiger partial charge in [0.25, 0.3) is 11.9 Å². The number of hydrogen-bond donors (Lipinski definition) is 3. The molecule has 0 radical (unpaired) electrons. The minimum absolute atomic E-state index is 0. The Morgan fingerprint density at radius 2 is 1.10 bits per heavy atom. The van der Waals surface area contributed by atoms with Crippen molar-refractivity contribution >= 4 is 23.9 Å². The third kappa shape index (κ3) is 88.8. The van der Waals surface area contributed by atoms with Gasteiger partial charge in [0.05, 0.1) is 5.97 Å². The SMILES string of the molecule is CC(=O)O.CC(=O)O.NC(CC(=O)[O-])C(=O)[O-].[Na+].[Na+].[Na+].[Na+]. The number of carbonyl (C=O) groups excluding carboxylic acids is 2. The molecule has 0 saturated carbocycles. The van der Waals surface area contributed by atoms with Gasteiger partial charge < -0.3 is 35.7 Å². The summed E-state index contributed by atoms with van der Waals surface area (Å²) < 4.78 is 0. The van der Waals surface area contributed by atoms with Crippen molar-refractivity contribution in [2.75, 3.05) is 0 Å². The first-order valence-electron chi connectivity index (χ1n) is 4.06. The quantitative estimate of drug-likeness (QED) is 0.419. The van der Waals surface area contributed by atoms with Gasteiger partial charge in [-0.2, -0.15) is 0 Å². The molecule has 0 fully saturated rings. The van der Waals surface area contributed by atoms with Crippen molar-refractivity contribution in [3.05, 3.63) is 0 Å². The van der Waals surface area contributed by atoms with Gasteiger partial charge in [-0.1, -0.05) is 0 Å². The number of hydrogen-bond acceptors (Lipinski definition) is 7. The first-order valence-corrected chi connectivity index (χ1v) is 4.06. The molecule has 0 heterocycles. The van der Waals surface area contributed by atoms with Crippen molar-refractivity contribution in [1.82, 2.24) is 0 Å². The average molecular weight is 343 g/mol. The second-order valence-electron chi connectivity index (χ2n) is 2.54. The largest absolute Gasteiger partial charge is 1.00 e. The van der Waals surface area contributed by atoms with Gasteiger partial charge in [0, 0.05) is 32.3 Å². The summed E-state index contributed by atoms with van der Waals surface area (Å²) in [6.07, 6.45) is -0.706. The molecule has 0 aliphatic carbocycles. The molecule has 0 aromatic rings. The molecule has 0 spiro atoms. The van der Waals surface area contributed by atoms with Crippen molar-refractivity contribution in [1.29, 1.82) is 0 Å². The monoisotopic (exact) mass is 343 g/mol. The first kappa shape index (κ1) is 43.4. The van der Waals surface area contributed by atoms with Crippen molar-refractivity contribution in [3.63, 3.8) is 0 Å². The van der Waals surface area contributed by atoms with Gasteiger partial charge >= 0.3 is 118 Å². The molecule has 100 valence electrons. The number of aliphatic carboxylic acids is 4. The van der Waals surface area contributed by atoms with Gasteiger partial charge in [-0.3, -0.25) is 9.59 Å². The van der Waals surface area contributed by atoms with Crippen LogP contribution in [-0.2, 0) is 19.2 Å². The molecule has 21 heavy (non-hydrogen) atoms. The van der Waals surface area contributed by atoms with E-state index in [0.29, 0.717) is 0 Å². The molecule has 0 saturated heterocycles. The Labute approximate surface area is 210 Å². The molecule has 9 nitrogen and oxygen atoms in total. The average Bonchev–Trinajstić information content (AvgIpc) is 1.99. The molecule has 4 N–H and O–H groups in total. The molecule has 0 amide bonds. The van der Waals surface area contributed by atoms with Crippen molar-refractivity contribution in [3.8, 4) is 0 Å². The Bertz CT molecular complexity index is 269. The molecule has 1 unspecified atom stereocenters. The minimum atomic E-state index is -1.58. The Morgan fingerprint density at radius 1 is 0.905 bits per heavy atom. The summed E-state index contributed by atoms with van der Waals surface area (Å²) in [5.41, 5.74) is 4.73. The summed E-state index contributed by atoms with van der Waals surface area (Å²) in [5, 5.41) is 34.2. The van der Waals surface area contributed by atoms with E-state index in [0.717, 1.165) is 13.8 Å². The molecule has 0 aliphatic rings. The fraction of sp³-hybridized carbons (Fsp3) is 0.500. The maximum absolute atomic E-state index is 9.71. The molecule has 0 aromatic heterocycles. The van der Waals surface area contributed by atoms with Crippen LogP contribution in [-0.4, -0.2) is 40.1 Å². The smallest absolute Gasteiger partial charge is 0.550 e. The molecule has 1 atom stereocenters. The number of nitrogens with two attached hydrogens (primary N) is 1. The number of carboxylic acid groups (broad SMARTS) is 4. The summed E-state index contributed by atoms with van der Waals surface area (Å²) >= 11 is 0. The molecule has 0 bridgehead atoms. The van der Waals surface area contributed by atoms with Gasteiger partial charge in [0.1, 0.15) is 0 Å². The van der Waals surface area contributed by atoms with E-state index in [1.807, 2.05) is 0 Å². The predicted octanol–water partition coefficient (Wildman–Crippen LogP) is -15.6. The zero-order valence-corrected chi connectivity index (χ0v) is 21.2. The molecule has 0 aliphatic heterocycles. The Balaban J connectivity index is -0.0000000285. The molecule has 0 aromatic carbocycles. The zero-order chi connectivity index (χ0) is 14.6. The summed E-state index contributed by atoms with van der Waals surface area (Å²) in [5.74, 6) is -4.74. The van der Waals surface area contributed by atoms with E-state index in [1.165, 1.54) is 0 Å². The van der Waals surface area contributed by atoms with Crippen LogP contribution in [0.25, 0.3) is 0 Å². The Morgan fingerprint density at radius 3 is 1.14 bits per heavy atom. The van der Waals surface area contributed by atoms with Gasteiger partial charge in [-0.05, 0) is 0 Å². The van der Waals surface area contributed by atoms with E-state index in [4.69, 9.17) is 25.5 Å². The number of rotatable bonds is 3. The minimum Gasteiger partial charge on any atom is -0.550 e. The standard InChI is InChI=1S/C4H7NO4.2C2H4O2.4Na/c5-2(4(8)9)1-3(6)7;2*1-2(3)4;;;;/h2H,1,5H2,(H,6,7)(H,8,9);2*1H3,(H,3,4);;;;/q;;;4*+1/p-2. The third-order valence-corrected chi connectivity index (χ3v) is 0.689. The van der Waals surface area contributed by atoms with Crippen molar-refractivity contribution in [2.24, 2.45) is 5.73 Å². The fourth-order valence-corrected chi connectivity index (χ4v) is 0.263.